The van der Waals surface area contributed by atoms with E-state index in [0.29, 0.717) is 15.9 Å². The maximum absolute atomic E-state index is 8.90. The first-order chi connectivity index (χ1) is 8.21. The minimum atomic E-state index is 0.379. The average molecular weight is 312 g/mol. The van der Waals surface area contributed by atoms with Crippen molar-refractivity contribution in [2.75, 3.05) is 7.11 Å². The van der Waals surface area contributed by atoms with Gasteiger partial charge in [0.15, 0.2) is 0 Å². The highest BCUT2D eigenvalue weighted by Gasteiger charge is 2.10. The highest BCUT2D eigenvalue weighted by molar-refractivity contribution is 9.08. The van der Waals surface area contributed by atoms with Crippen LogP contribution in [-0.4, -0.2) is 12.1 Å². The molecule has 0 unspecified atom stereocenters. The number of methoxy groups -OCH3 is 1. The maximum Gasteiger partial charge on any atom is 0.125 e. The van der Waals surface area contributed by atoms with E-state index >= 15 is 0 Å². The van der Waals surface area contributed by atoms with Crippen LogP contribution in [-0.2, 0) is 5.33 Å². The highest BCUT2D eigenvalue weighted by atomic mass is 79.9. The lowest BCUT2D eigenvalue weighted by atomic mass is 10.1. The Hall–Kier alpha value is -1.31. The SMILES string of the molecule is COc1cc2ncc(C#N)c(Cl)c2cc1CBr. The van der Waals surface area contributed by atoms with Gasteiger partial charge in [0.2, 0.25) is 0 Å². The summed E-state index contributed by atoms with van der Waals surface area (Å²) in [5.74, 6) is 0.752. The van der Waals surface area contributed by atoms with Gasteiger partial charge in [0.05, 0.1) is 23.2 Å². The number of pyridine rings is 1. The van der Waals surface area contributed by atoms with E-state index in [2.05, 4.69) is 20.9 Å². The van der Waals surface area contributed by atoms with Crippen molar-refractivity contribution in [1.82, 2.24) is 4.98 Å². The Labute approximate surface area is 112 Å². The van der Waals surface area contributed by atoms with Crippen molar-refractivity contribution in [3.05, 3.63) is 34.5 Å². The summed E-state index contributed by atoms with van der Waals surface area (Å²) in [4.78, 5) is 4.19. The van der Waals surface area contributed by atoms with Crippen LogP contribution in [0.2, 0.25) is 5.02 Å². The molecule has 2 rings (SSSR count). The zero-order valence-corrected chi connectivity index (χ0v) is 11.3. The number of nitriles is 1. The topological polar surface area (TPSA) is 45.9 Å². The lowest BCUT2D eigenvalue weighted by Crippen LogP contribution is -1.92. The van der Waals surface area contributed by atoms with Gasteiger partial charge in [0.1, 0.15) is 11.8 Å². The summed E-state index contributed by atoms with van der Waals surface area (Å²) in [7, 11) is 1.61. The van der Waals surface area contributed by atoms with Gasteiger partial charge in [-0.05, 0) is 6.07 Å². The minimum absolute atomic E-state index is 0.379. The first kappa shape index (κ1) is 12.2. The summed E-state index contributed by atoms with van der Waals surface area (Å²) in [6, 6.07) is 5.72. The van der Waals surface area contributed by atoms with Gasteiger partial charge in [-0.2, -0.15) is 5.26 Å². The first-order valence-corrected chi connectivity index (χ1v) is 6.32. The molecule has 0 saturated carbocycles. The van der Waals surface area contributed by atoms with Crippen LogP contribution in [0.25, 0.3) is 10.9 Å². The number of ether oxygens (including phenoxy) is 1. The third kappa shape index (κ3) is 2.08. The van der Waals surface area contributed by atoms with Gasteiger partial charge in [0.25, 0.3) is 0 Å². The Balaban J connectivity index is 2.80. The van der Waals surface area contributed by atoms with Crippen LogP contribution in [0.3, 0.4) is 0 Å². The summed E-state index contributed by atoms with van der Waals surface area (Å²) in [6.45, 7) is 0. The third-order valence-corrected chi connectivity index (χ3v) is 3.48. The molecule has 86 valence electrons. The van der Waals surface area contributed by atoms with Crippen LogP contribution in [0.5, 0.6) is 5.75 Å². The fraction of sp³-hybridized carbons (Fsp3) is 0.167. The van der Waals surface area contributed by atoms with Crippen LogP contribution < -0.4 is 4.74 Å². The van der Waals surface area contributed by atoms with Gasteiger partial charge < -0.3 is 4.74 Å². The molecule has 0 aliphatic carbocycles. The molecular formula is C12H8BrClN2O. The molecule has 0 aliphatic rings. The number of halogens is 2. The number of benzene rings is 1. The Morgan fingerprint density at radius 3 is 2.88 bits per heavy atom. The van der Waals surface area contributed by atoms with Crippen molar-refractivity contribution in [2.45, 2.75) is 5.33 Å². The van der Waals surface area contributed by atoms with E-state index in [9.17, 15) is 0 Å². The van der Waals surface area contributed by atoms with Crippen LogP contribution in [0, 0.1) is 11.3 Å². The lowest BCUT2D eigenvalue weighted by molar-refractivity contribution is 0.412. The molecule has 17 heavy (non-hydrogen) atoms. The van der Waals surface area contributed by atoms with E-state index < -0.39 is 0 Å². The monoisotopic (exact) mass is 310 g/mol. The number of fused-ring (bicyclic) bond motifs is 1. The molecule has 0 fully saturated rings. The van der Waals surface area contributed by atoms with Gasteiger partial charge in [-0.25, -0.2) is 0 Å². The number of rotatable bonds is 2. The van der Waals surface area contributed by atoms with Crippen molar-refractivity contribution in [3.8, 4) is 11.8 Å². The fourth-order valence-corrected chi connectivity index (χ4v) is 2.29. The van der Waals surface area contributed by atoms with E-state index in [4.69, 9.17) is 21.6 Å². The van der Waals surface area contributed by atoms with Crippen LogP contribution in [0.15, 0.2) is 18.3 Å². The summed E-state index contributed by atoms with van der Waals surface area (Å²) < 4.78 is 5.26. The molecule has 0 spiro atoms. The molecule has 0 bridgehead atoms. The number of hydrogen-bond acceptors (Lipinski definition) is 3. The second-order valence-corrected chi connectivity index (χ2v) is 4.35. The average Bonchev–Trinajstić information content (AvgIpc) is 2.38. The van der Waals surface area contributed by atoms with Crippen LogP contribution in [0.1, 0.15) is 11.1 Å². The molecule has 0 atom stereocenters. The molecule has 1 aromatic carbocycles. The van der Waals surface area contributed by atoms with Gasteiger partial charge in [-0.1, -0.05) is 27.5 Å². The van der Waals surface area contributed by atoms with E-state index in [-0.39, 0.29) is 0 Å². The zero-order chi connectivity index (χ0) is 12.4. The van der Waals surface area contributed by atoms with Crippen LogP contribution >= 0.6 is 27.5 Å². The predicted octanol–water partition coefficient (Wildman–Crippen LogP) is 3.66. The zero-order valence-electron chi connectivity index (χ0n) is 9.00. The minimum Gasteiger partial charge on any atom is -0.496 e. The maximum atomic E-state index is 8.90. The van der Waals surface area contributed by atoms with E-state index in [1.54, 1.807) is 7.11 Å². The molecule has 0 radical (unpaired) electrons. The Morgan fingerprint density at radius 1 is 1.53 bits per heavy atom. The number of hydrogen-bond donors (Lipinski definition) is 0. The largest absolute Gasteiger partial charge is 0.496 e. The van der Waals surface area contributed by atoms with Crippen molar-refractivity contribution < 1.29 is 4.74 Å². The summed E-state index contributed by atoms with van der Waals surface area (Å²) in [6.07, 6.45) is 1.47. The van der Waals surface area contributed by atoms with Gasteiger partial charge >= 0.3 is 0 Å². The molecule has 1 aromatic heterocycles. The second-order valence-electron chi connectivity index (χ2n) is 3.41. The molecule has 2 aromatic rings. The highest BCUT2D eigenvalue weighted by Crippen LogP contribution is 2.31. The molecule has 0 saturated heterocycles. The standard InChI is InChI=1S/C12H8BrClN2O/c1-17-11-3-10-9(2-7(11)4-13)12(14)8(5-15)6-16-10/h2-3,6H,4H2,1H3. The fourth-order valence-electron chi connectivity index (χ4n) is 1.60. The van der Waals surface area contributed by atoms with E-state index in [0.717, 1.165) is 22.2 Å². The molecule has 0 aliphatic heterocycles. The van der Waals surface area contributed by atoms with Crippen molar-refractivity contribution in [2.24, 2.45) is 0 Å². The quantitative estimate of drug-likeness (QED) is 0.795. The third-order valence-electron chi connectivity index (χ3n) is 2.47. The normalized spacial score (nSPS) is 10.2. The number of nitrogens with zero attached hydrogens (tertiary/aromatic N) is 2. The second kappa shape index (κ2) is 4.91. The molecule has 3 nitrogen and oxygen atoms in total. The molecule has 1 heterocycles. The summed E-state index contributed by atoms with van der Waals surface area (Å²) in [5.41, 5.74) is 2.07. The van der Waals surface area contributed by atoms with Gasteiger partial charge in [0, 0.05) is 28.5 Å². The number of aromatic nitrogens is 1. The Bertz CT molecular complexity index is 622. The van der Waals surface area contributed by atoms with Gasteiger partial charge in [-0.15, -0.1) is 0 Å². The smallest absolute Gasteiger partial charge is 0.125 e. The number of alkyl halides is 1. The van der Waals surface area contributed by atoms with Crippen LogP contribution in [0.4, 0.5) is 0 Å². The predicted molar refractivity (Wildman–Crippen MR) is 70.7 cm³/mol. The van der Waals surface area contributed by atoms with Gasteiger partial charge in [-0.3, -0.25) is 4.98 Å². The molecule has 0 amide bonds. The molecular weight excluding hydrogens is 304 g/mol. The van der Waals surface area contributed by atoms with E-state index in [1.165, 1.54) is 6.20 Å². The summed E-state index contributed by atoms with van der Waals surface area (Å²) in [5, 5.41) is 10.7. The lowest BCUT2D eigenvalue weighted by Gasteiger charge is -2.09. The molecule has 0 N–H and O–H groups in total. The first-order valence-electron chi connectivity index (χ1n) is 4.82. The van der Waals surface area contributed by atoms with Crippen molar-refractivity contribution in [1.29, 1.82) is 5.26 Å². The Kier molecular flexibility index (Phi) is 3.51. The summed E-state index contributed by atoms with van der Waals surface area (Å²) >= 11 is 9.53. The Morgan fingerprint density at radius 2 is 2.29 bits per heavy atom. The van der Waals surface area contributed by atoms with Crippen molar-refractivity contribution >= 4 is 38.4 Å². The van der Waals surface area contributed by atoms with E-state index in [1.807, 2.05) is 18.2 Å². The molecule has 5 heteroatoms. The van der Waals surface area contributed by atoms with Crippen molar-refractivity contribution in [3.63, 3.8) is 0 Å².